The summed E-state index contributed by atoms with van der Waals surface area (Å²) in [6.07, 6.45) is 0.406. The number of amides is 3. The molecule has 4 rings (SSSR count). The highest BCUT2D eigenvalue weighted by Gasteiger charge is 2.33. The molecule has 3 aromatic rings. The van der Waals surface area contributed by atoms with Gasteiger partial charge in [-0.2, -0.15) is 0 Å². The van der Waals surface area contributed by atoms with Crippen LogP contribution in [-0.4, -0.2) is 41.8 Å². The van der Waals surface area contributed by atoms with E-state index in [2.05, 4.69) is 15.6 Å². The fourth-order valence-electron chi connectivity index (χ4n) is 3.71. The Morgan fingerprint density at radius 3 is 2.80 bits per heavy atom. The fraction of sp³-hybridized carbons (Fsp3) is 0.227. The number of halogens is 1. The van der Waals surface area contributed by atoms with Crippen molar-refractivity contribution in [3.05, 3.63) is 64.8 Å². The van der Waals surface area contributed by atoms with Crippen molar-refractivity contribution >= 4 is 45.9 Å². The highest BCUT2D eigenvalue weighted by atomic mass is 35.5. The standard InChI is InChI=1S/C22H21ClN4O3/c1-13(28)24-8-9-27-20-5-3-2-4-14(20)11-19(22(27)30)26-21(29)18-12-15-10-16(23)6-7-17(15)25-18/h2-7,10,12,19,25H,8-9,11H2,1H3,(H,24,28)(H,26,29). The van der Waals surface area contributed by atoms with Crippen LogP contribution in [-0.2, 0) is 16.0 Å². The molecule has 1 aromatic heterocycles. The summed E-state index contributed by atoms with van der Waals surface area (Å²) in [5.41, 5.74) is 2.93. The van der Waals surface area contributed by atoms with Gasteiger partial charge < -0.3 is 20.5 Å². The maximum atomic E-state index is 13.1. The maximum absolute atomic E-state index is 13.1. The van der Waals surface area contributed by atoms with Crippen LogP contribution >= 0.6 is 11.6 Å². The van der Waals surface area contributed by atoms with E-state index in [0.717, 1.165) is 22.2 Å². The Bertz CT molecular complexity index is 1140. The van der Waals surface area contributed by atoms with Crippen molar-refractivity contribution in [1.29, 1.82) is 0 Å². The normalized spacial score (nSPS) is 15.7. The molecule has 0 saturated carbocycles. The molecule has 30 heavy (non-hydrogen) atoms. The van der Waals surface area contributed by atoms with E-state index in [9.17, 15) is 14.4 Å². The van der Waals surface area contributed by atoms with Gasteiger partial charge in [-0.05, 0) is 35.9 Å². The van der Waals surface area contributed by atoms with Gasteiger partial charge in [-0.1, -0.05) is 29.8 Å². The Balaban J connectivity index is 1.55. The summed E-state index contributed by atoms with van der Waals surface area (Å²) in [6.45, 7) is 2.09. The molecule has 0 saturated heterocycles. The monoisotopic (exact) mass is 424 g/mol. The Hall–Kier alpha value is -3.32. The van der Waals surface area contributed by atoms with Crippen molar-refractivity contribution in [3.8, 4) is 0 Å². The molecule has 0 bridgehead atoms. The number of benzene rings is 2. The first-order chi connectivity index (χ1) is 14.4. The minimum Gasteiger partial charge on any atom is -0.355 e. The van der Waals surface area contributed by atoms with Crippen LogP contribution in [0.15, 0.2) is 48.5 Å². The van der Waals surface area contributed by atoms with Gasteiger partial charge in [-0.3, -0.25) is 14.4 Å². The maximum Gasteiger partial charge on any atom is 0.268 e. The van der Waals surface area contributed by atoms with Crippen LogP contribution in [0.5, 0.6) is 0 Å². The summed E-state index contributed by atoms with van der Waals surface area (Å²) in [7, 11) is 0. The number of nitrogens with one attached hydrogen (secondary N) is 3. The third-order valence-electron chi connectivity index (χ3n) is 5.11. The molecule has 3 amide bonds. The smallest absolute Gasteiger partial charge is 0.268 e. The van der Waals surface area contributed by atoms with Gasteiger partial charge in [-0.25, -0.2) is 0 Å². The number of hydrogen-bond acceptors (Lipinski definition) is 3. The first-order valence-electron chi connectivity index (χ1n) is 9.65. The Kier molecular flexibility index (Phi) is 5.46. The van der Waals surface area contributed by atoms with Crippen molar-refractivity contribution in [2.24, 2.45) is 0 Å². The second-order valence-electron chi connectivity index (χ2n) is 7.25. The molecule has 0 spiro atoms. The van der Waals surface area contributed by atoms with E-state index in [1.165, 1.54) is 6.92 Å². The quantitative estimate of drug-likeness (QED) is 0.587. The third-order valence-corrected chi connectivity index (χ3v) is 5.35. The summed E-state index contributed by atoms with van der Waals surface area (Å²) in [5.74, 6) is -0.718. The van der Waals surface area contributed by atoms with E-state index in [1.54, 1.807) is 29.2 Å². The first-order valence-corrected chi connectivity index (χ1v) is 10.0. The average Bonchev–Trinajstić information content (AvgIpc) is 3.13. The Labute approximate surface area is 178 Å². The van der Waals surface area contributed by atoms with Crippen molar-refractivity contribution in [1.82, 2.24) is 15.6 Å². The van der Waals surface area contributed by atoms with Crippen molar-refractivity contribution < 1.29 is 14.4 Å². The lowest BCUT2D eigenvalue weighted by atomic mass is 9.97. The zero-order chi connectivity index (χ0) is 21.3. The van der Waals surface area contributed by atoms with Crippen LogP contribution in [0.3, 0.4) is 0 Å². The summed E-state index contributed by atoms with van der Waals surface area (Å²) < 4.78 is 0. The second kappa shape index (κ2) is 8.20. The van der Waals surface area contributed by atoms with Crippen molar-refractivity contribution in [3.63, 3.8) is 0 Å². The molecule has 3 N–H and O–H groups in total. The fourth-order valence-corrected chi connectivity index (χ4v) is 3.89. The molecule has 0 aliphatic carbocycles. The van der Waals surface area contributed by atoms with Gasteiger partial charge in [0.2, 0.25) is 11.8 Å². The van der Waals surface area contributed by atoms with E-state index in [0.29, 0.717) is 30.2 Å². The average molecular weight is 425 g/mol. The molecular formula is C22H21ClN4O3. The largest absolute Gasteiger partial charge is 0.355 e. The van der Waals surface area contributed by atoms with Gasteiger partial charge in [0, 0.05) is 48.0 Å². The summed E-state index contributed by atoms with van der Waals surface area (Å²) >= 11 is 6.02. The Morgan fingerprint density at radius 1 is 1.20 bits per heavy atom. The van der Waals surface area contributed by atoms with Crippen LogP contribution in [0.4, 0.5) is 5.69 Å². The number of para-hydroxylation sites is 1. The molecule has 1 atom stereocenters. The highest BCUT2D eigenvalue weighted by molar-refractivity contribution is 6.31. The predicted octanol–water partition coefficient (Wildman–Crippen LogP) is 2.65. The molecule has 2 heterocycles. The molecule has 154 valence electrons. The molecule has 8 heteroatoms. The number of H-pyrrole nitrogens is 1. The van der Waals surface area contributed by atoms with Gasteiger partial charge in [0.1, 0.15) is 11.7 Å². The number of aromatic nitrogens is 1. The number of aromatic amines is 1. The Morgan fingerprint density at radius 2 is 2.00 bits per heavy atom. The number of nitrogens with zero attached hydrogens (tertiary/aromatic N) is 1. The van der Waals surface area contributed by atoms with Crippen LogP contribution in [0, 0.1) is 0 Å². The minimum absolute atomic E-state index is 0.156. The summed E-state index contributed by atoms with van der Waals surface area (Å²) in [6, 6.07) is 13.9. The second-order valence-corrected chi connectivity index (χ2v) is 7.68. The lowest BCUT2D eigenvalue weighted by molar-refractivity contribution is -0.121. The lowest BCUT2D eigenvalue weighted by Gasteiger charge is -2.34. The molecule has 1 aliphatic rings. The highest BCUT2D eigenvalue weighted by Crippen LogP contribution is 2.28. The number of anilines is 1. The summed E-state index contributed by atoms with van der Waals surface area (Å²) in [5, 5.41) is 6.97. The number of hydrogen-bond donors (Lipinski definition) is 3. The molecule has 0 fully saturated rings. The number of rotatable bonds is 5. The van der Waals surface area contributed by atoms with Gasteiger partial charge >= 0.3 is 0 Å². The molecule has 1 unspecified atom stereocenters. The minimum atomic E-state index is -0.695. The van der Waals surface area contributed by atoms with E-state index >= 15 is 0 Å². The topological polar surface area (TPSA) is 94.3 Å². The van der Waals surface area contributed by atoms with Crippen LogP contribution in [0.1, 0.15) is 23.0 Å². The number of fused-ring (bicyclic) bond motifs is 2. The third kappa shape index (κ3) is 4.02. The van der Waals surface area contributed by atoms with Crippen LogP contribution < -0.4 is 15.5 Å². The lowest BCUT2D eigenvalue weighted by Crippen LogP contribution is -2.54. The van der Waals surface area contributed by atoms with Crippen molar-refractivity contribution in [2.75, 3.05) is 18.0 Å². The molecule has 1 aliphatic heterocycles. The van der Waals surface area contributed by atoms with Gasteiger partial charge in [0.05, 0.1) is 0 Å². The molecular weight excluding hydrogens is 404 g/mol. The van der Waals surface area contributed by atoms with Gasteiger partial charge in [0.25, 0.3) is 5.91 Å². The zero-order valence-electron chi connectivity index (χ0n) is 16.4. The van der Waals surface area contributed by atoms with E-state index in [-0.39, 0.29) is 17.7 Å². The number of carbonyl (C=O) groups excluding carboxylic acids is 3. The van der Waals surface area contributed by atoms with Crippen LogP contribution in [0.2, 0.25) is 5.02 Å². The van der Waals surface area contributed by atoms with Gasteiger partial charge in [0.15, 0.2) is 0 Å². The predicted molar refractivity (Wildman–Crippen MR) is 116 cm³/mol. The van der Waals surface area contributed by atoms with E-state index < -0.39 is 6.04 Å². The summed E-state index contributed by atoms with van der Waals surface area (Å²) in [4.78, 5) is 41.8. The van der Waals surface area contributed by atoms with Crippen LogP contribution in [0.25, 0.3) is 10.9 Å². The zero-order valence-corrected chi connectivity index (χ0v) is 17.1. The number of carbonyl (C=O) groups is 3. The van der Waals surface area contributed by atoms with E-state index in [1.807, 2.05) is 24.3 Å². The first kappa shape index (κ1) is 20.0. The molecule has 2 aromatic carbocycles. The SMILES string of the molecule is CC(=O)NCCN1C(=O)C(NC(=O)c2cc3cc(Cl)ccc3[nH]2)Cc2ccccc21. The van der Waals surface area contributed by atoms with Gasteiger partial charge in [-0.15, -0.1) is 0 Å². The molecule has 7 nitrogen and oxygen atoms in total. The molecule has 0 radical (unpaired) electrons. The van der Waals surface area contributed by atoms with Crippen molar-refractivity contribution in [2.45, 2.75) is 19.4 Å². The van der Waals surface area contributed by atoms with E-state index in [4.69, 9.17) is 11.6 Å².